The van der Waals surface area contributed by atoms with Gasteiger partial charge < -0.3 is 9.64 Å². The third-order valence-corrected chi connectivity index (χ3v) is 5.76. The van der Waals surface area contributed by atoms with Crippen LogP contribution in [0.1, 0.15) is 17.5 Å². The number of esters is 1. The van der Waals surface area contributed by atoms with E-state index >= 15 is 0 Å². The number of benzene rings is 2. The highest BCUT2D eigenvalue weighted by molar-refractivity contribution is 5.95. The lowest BCUT2D eigenvalue weighted by Gasteiger charge is -2.42. The molecule has 2 saturated heterocycles. The zero-order chi connectivity index (χ0) is 17.4. The monoisotopic (exact) mass is 345 g/mol. The summed E-state index contributed by atoms with van der Waals surface area (Å²) in [5.74, 6) is -1.28. The van der Waals surface area contributed by atoms with Gasteiger partial charge in [0.1, 0.15) is 0 Å². The molecule has 2 aromatic carbocycles. The molecule has 128 valence electrons. The second-order valence-corrected chi connectivity index (χ2v) is 6.87. The minimum Gasteiger partial charge on any atom is -0.427 e. The third-order valence-electron chi connectivity index (χ3n) is 5.76. The maximum absolute atomic E-state index is 14.1. The number of alkyl halides is 3. The highest BCUT2D eigenvalue weighted by atomic mass is 19.4. The molecule has 4 bridgehead atoms. The van der Waals surface area contributed by atoms with Crippen LogP contribution in [0, 0.1) is 5.92 Å². The van der Waals surface area contributed by atoms with E-state index in [1.165, 1.54) is 4.90 Å². The summed E-state index contributed by atoms with van der Waals surface area (Å²) in [6, 6.07) is 15.7. The lowest BCUT2D eigenvalue weighted by atomic mass is 9.72. The summed E-state index contributed by atoms with van der Waals surface area (Å²) < 4.78 is 47.4. The lowest BCUT2D eigenvalue weighted by Crippen LogP contribution is -2.57. The van der Waals surface area contributed by atoms with Crippen molar-refractivity contribution in [3.05, 3.63) is 65.7 Å². The third kappa shape index (κ3) is 1.51. The molecule has 3 aliphatic heterocycles. The molecule has 3 heterocycles. The smallest absolute Gasteiger partial charge is 0.427 e. The van der Waals surface area contributed by atoms with Gasteiger partial charge in [0.15, 0.2) is 5.54 Å². The first-order chi connectivity index (χ1) is 11.9. The van der Waals surface area contributed by atoms with Gasteiger partial charge in [-0.3, -0.25) is 0 Å². The molecule has 3 atom stereocenters. The predicted molar refractivity (Wildman–Crippen MR) is 83.7 cm³/mol. The van der Waals surface area contributed by atoms with Crippen LogP contribution in [0.15, 0.2) is 54.6 Å². The molecule has 2 fully saturated rings. The van der Waals surface area contributed by atoms with Crippen molar-refractivity contribution in [1.82, 2.24) is 0 Å². The highest BCUT2D eigenvalue weighted by Gasteiger charge is 2.82. The van der Waals surface area contributed by atoms with Gasteiger partial charge >= 0.3 is 12.1 Å². The number of hydrogen-bond acceptors (Lipinski definition) is 3. The minimum absolute atomic E-state index is 0.244. The summed E-state index contributed by atoms with van der Waals surface area (Å²) in [6.07, 6.45) is -4.49. The molecule has 0 radical (unpaired) electrons. The van der Waals surface area contributed by atoms with Gasteiger partial charge in [-0.2, -0.15) is 13.2 Å². The number of anilines is 1. The zero-order valence-corrected chi connectivity index (χ0v) is 13.1. The molecular formula is C19H14F3NO2. The van der Waals surface area contributed by atoms with Crippen molar-refractivity contribution in [3.8, 4) is 0 Å². The van der Waals surface area contributed by atoms with Gasteiger partial charge in [0.25, 0.3) is 5.72 Å². The number of carbonyl (C=O) groups is 1. The van der Waals surface area contributed by atoms with Gasteiger partial charge in [-0.25, -0.2) is 4.79 Å². The topological polar surface area (TPSA) is 29.5 Å². The molecule has 0 aliphatic carbocycles. The van der Waals surface area contributed by atoms with Gasteiger partial charge in [0.2, 0.25) is 0 Å². The molecule has 2 aromatic rings. The Hall–Kier alpha value is -2.50. The van der Waals surface area contributed by atoms with Crippen LogP contribution in [0.2, 0.25) is 0 Å². The molecule has 0 saturated carbocycles. The average molecular weight is 345 g/mol. The van der Waals surface area contributed by atoms with Crippen molar-refractivity contribution in [3.63, 3.8) is 0 Å². The average Bonchev–Trinajstić information content (AvgIpc) is 2.97. The predicted octanol–water partition coefficient (Wildman–Crippen LogP) is 3.78. The Morgan fingerprint density at radius 2 is 1.72 bits per heavy atom. The summed E-state index contributed by atoms with van der Waals surface area (Å²) in [5, 5.41) is 0. The lowest BCUT2D eigenvalue weighted by molar-refractivity contribution is -0.260. The van der Waals surface area contributed by atoms with Crippen molar-refractivity contribution in [2.24, 2.45) is 5.92 Å². The minimum atomic E-state index is -4.68. The molecule has 25 heavy (non-hydrogen) atoms. The molecular weight excluding hydrogens is 331 g/mol. The molecule has 0 spiro atoms. The Morgan fingerprint density at radius 1 is 1.04 bits per heavy atom. The molecule has 3 aliphatic rings. The maximum Gasteiger partial charge on any atom is 0.448 e. The fourth-order valence-electron chi connectivity index (χ4n) is 4.86. The number of hydrogen-bond donors (Lipinski definition) is 0. The van der Waals surface area contributed by atoms with E-state index in [0.717, 1.165) is 5.56 Å². The first kappa shape index (κ1) is 14.8. The van der Waals surface area contributed by atoms with Crippen molar-refractivity contribution < 1.29 is 22.7 Å². The molecule has 3 nitrogen and oxygen atoms in total. The summed E-state index contributed by atoms with van der Waals surface area (Å²) in [6.45, 7) is 0. The van der Waals surface area contributed by atoms with E-state index < -0.39 is 29.3 Å². The Bertz CT molecular complexity index is 882. The number of ether oxygens (including phenoxy) is 1. The van der Waals surface area contributed by atoms with Gasteiger partial charge in [-0.15, -0.1) is 0 Å². The summed E-state index contributed by atoms with van der Waals surface area (Å²) in [7, 11) is 0. The number of nitrogens with zero attached hydrogens (tertiary/aromatic N) is 1. The van der Waals surface area contributed by atoms with Crippen LogP contribution in [0.5, 0.6) is 0 Å². The van der Waals surface area contributed by atoms with E-state index in [2.05, 4.69) is 0 Å². The van der Waals surface area contributed by atoms with E-state index in [1.807, 2.05) is 12.1 Å². The summed E-state index contributed by atoms with van der Waals surface area (Å²) in [4.78, 5) is 14.1. The van der Waals surface area contributed by atoms with E-state index in [4.69, 9.17) is 4.74 Å². The molecule has 6 heteroatoms. The number of carbonyl (C=O) groups excluding carboxylic acids is 1. The number of fused-ring (bicyclic) bond motifs is 1. The number of para-hydroxylation sites is 1. The van der Waals surface area contributed by atoms with Gasteiger partial charge in [0, 0.05) is 18.0 Å². The van der Waals surface area contributed by atoms with Crippen LogP contribution in [-0.4, -0.2) is 17.9 Å². The van der Waals surface area contributed by atoms with Crippen LogP contribution in [0.4, 0.5) is 18.9 Å². The van der Waals surface area contributed by atoms with E-state index in [0.29, 0.717) is 17.7 Å². The van der Waals surface area contributed by atoms with E-state index in [9.17, 15) is 18.0 Å². The van der Waals surface area contributed by atoms with Crippen LogP contribution in [-0.2, 0) is 21.5 Å². The Kier molecular flexibility index (Phi) is 2.59. The maximum atomic E-state index is 14.1. The molecule has 3 unspecified atom stereocenters. The second-order valence-electron chi connectivity index (χ2n) is 6.87. The standard InChI is InChI=1S/C19H14F3NO2/c20-19(21,22)17-11-14-10-12-6-4-5-9-15(12)23(17)18(14,16(24)25-17)13-7-2-1-3-8-13/h1-9,14H,10-11H2. The fraction of sp³-hybridized carbons (Fsp3) is 0.316. The van der Waals surface area contributed by atoms with Crippen LogP contribution in [0.3, 0.4) is 0 Å². The van der Waals surface area contributed by atoms with Crippen molar-refractivity contribution in [2.45, 2.75) is 30.3 Å². The normalized spacial score (nSPS) is 32.5. The number of rotatable bonds is 1. The number of halogens is 3. The second kappa shape index (κ2) is 4.36. The van der Waals surface area contributed by atoms with Crippen LogP contribution in [0.25, 0.3) is 0 Å². The molecule has 0 aromatic heterocycles. The van der Waals surface area contributed by atoms with Crippen molar-refractivity contribution >= 4 is 11.7 Å². The molecule has 5 rings (SSSR count). The first-order valence-corrected chi connectivity index (χ1v) is 8.15. The van der Waals surface area contributed by atoms with E-state index in [1.54, 1.807) is 42.5 Å². The molecule has 0 N–H and O–H groups in total. The van der Waals surface area contributed by atoms with Crippen LogP contribution >= 0.6 is 0 Å². The Morgan fingerprint density at radius 3 is 2.44 bits per heavy atom. The zero-order valence-electron chi connectivity index (χ0n) is 13.1. The molecule has 0 amide bonds. The van der Waals surface area contributed by atoms with Gasteiger partial charge in [-0.1, -0.05) is 48.5 Å². The summed E-state index contributed by atoms with van der Waals surface area (Å²) >= 11 is 0. The fourth-order valence-corrected chi connectivity index (χ4v) is 4.86. The highest BCUT2D eigenvalue weighted by Crippen LogP contribution is 2.67. The SMILES string of the molecule is O=C1OC2(C(F)(F)F)CC3Cc4ccccc4N2C13c1ccccc1. The van der Waals surface area contributed by atoms with Gasteiger partial charge in [0.05, 0.1) is 0 Å². The quantitative estimate of drug-likeness (QED) is 0.737. The van der Waals surface area contributed by atoms with E-state index in [-0.39, 0.29) is 6.42 Å². The largest absolute Gasteiger partial charge is 0.448 e. The Balaban J connectivity index is 1.85. The van der Waals surface area contributed by atoms with Gasteiger partial charge in [-0.05, 0) is 23.6 Å². The first-order valence-electron chi connectivity index (χ1n) is 8.15. The van der Waals surface area contributed by atoms with Crippen molar-refractivity contribution in [2.75, 3.05) is 4.90 Å². The van der Waals surface area contributed by atoms with Crippen molar-refractivity contribution in [1.29, 1.82) is 0 Å². The Labute approximate surface area is 142 Å². The van der Waals surface area contributed by atoms with Crippen LogP contribution < -0.4 is 4.90 Å². The summed E-state index contributed by atoms with van der Waals surface area (Å²) in [5.41, 5.74) is -2.18.